The molecule has 0 amide bonds. The summed E-state index contributed by atoms with van der Waals surface area (Å²) >= 11 is 0. The minimum atomic E-state index is -0.878. The molecule has 0 radical (unpaired) electrons. The number of methoxy groups -OCH3 is 2. The number of ketones is 1. The molecular formula is C16H13NO5. The van der Waals surface area contributed by atoms with Crippen molar-refractivity contribution >= 4 is 23.4 Å². The molecule has 0 aromatic heterocycles. The van der Waals surface area contributed by atoms with Crippen molar-refractivity contribution in [1.29, 1.82) is 0 Å². The van der Waals surface area contributed by atoms with Gasteiger partial charge in [0, 0.05) is 18.9 Å². The van der Waals surface area contributed by atoms with Crippen LogP contribution in [0, 0.1) is 0 Å². The van der Waals surface area contributed by atoms with Crippen molar-refractivity contribution < 1.29 is 23.9 Å². The lowest BCUT2D eigenvalue weighted by molar-refractivity contribution is 0.0600. The van der Waals surface area contributed by atoms with Crippen LogP contribution >= 0.6 is 0 Å². The van der Waals surface area contributed by atoms with Gasteiger partial charge in [-0.15, -0.1) is 0 Å². The number of benzene rings is 1. The van der Waals surface area contributed by atoms with Crippen LogP contribution in [0.5, 0.6) is 0 Å². The van der Waals surface area contributed by atoms with Crippen molar-refractivity contribution in [3.8, 4) is 0 Å². The largest absolute Gasteiger partial charge is 0.465 e. The monoisotopic (exact) mass is 299 g/mol. The van der Waals surface area contributed by atoms with E-state index in [2.05, 4.69) is 9.73 Å². The number of Topliss-reactive ketones (excluding diaryl/α,β-unsaturated/α-hetero) is 1. The highest BCUT2D eigenvalue weighted by Crippen LogP contribution is 2.17. The first-order valence-corrected chi connectivity index (χ1v) is 6.37. The first-order chi connectivity index (χ1) is 10.6. The number of aliphatic imine (C=N–C) groups is 1. The highest BCUT2D eigenvalue weighted by Gasteiger charge is 2.29. The van der Waals surface area contributed by atoms with Gasteiger partial charge in [-0.25, -0.2) is 9.59 Å². The van der Waals surface area contributed by atoms with Crippen LogP contribution in [0.1, 0.15) is 20.7 Å². The number of rotatable bonds is 4. The summed E-state index contributed by atoms with van der Waals surface area (Å²) in [6, 6.07) is 6.06. The molecular weight excluding hydrogens is 286 g/mol. The van der Waals surface area contributed by atoms with Gasteiger partial charge in [0.2, 0.25) is 5.78 Å². The average Bonchev–Trinajstić information content (AvgIpc) is 2.59. The Labute approximate surface area is 126 Å². The second-order valence-electron chi connectivity index (χ2n) is 4.40. The maximum atomic E-state index is 12.6. The molecule has 6 nitrogen and oxygen atoms in total. The van der Waals surface area contributed by atoms with E-state index in [4.69, 9.17) is 4.74 Å². The van der Waals surface area contributed by atoms with Crippen LogP contribution in [0.15, 0.2) is 47.1 Å². The molecule has 0 saturated heterocycles. The van der Waals surface area contributed by atoms with Gasteiger partial charge in [0.05, 0.1) is 18.2 Å². The van der Waals surface area contributed by atoms with E-state index in [1.165, 1.54) is 38.6 Å². The Morgan fingerprint density at radius 2 is 1.95 bits per heavy atom. The SMILES string of the molecule is COC(=O)c1cccc(C(=O)C2=NC=CC(=C=O)C2OC)c1. The summed E-state index contributed by atoms with van der Waals surface area (Å²) in [6.07, 6.45) is 1.90. The molecule has 112 valence electrons. The van der Waals surface area contributed by atoms with Crippen molar-refractivity contribution in [2.45, 2.75) is 6.10 Å². The first-order valence-electron chi connectivity index (χ1n) is 6.37. The Kier molecular flexibility index (Phi) is 4.78. The Bertz CT molecular complexity index is 726. The molecule has 0 bridgehead atoms. The van der Waals surface area contributed by atoms with Gasteiger partial charge < -0.3 is 9.47 Å². The molecule has 1 aromatic rings. The van der Waals surface area contributed by atoms with E-state index in [0.717, 1.165) is 0 Å². The molecule has 0 aliphatic carbocycles. The van der Waals surface area contributed by atoms with Gasteiger partial charge in [0.15, 0.2) is 0 Å². The third-order valence-corrected chi connectivity index (χ3v) is 3.13. The van der Waals surface area contributed by atoms with E-state index in [-0.39, 0.29) is 22.4 Å². The van der Waals surface area contributed by atoms with Gasteiger partial charge in [-0.2, -0.15) is 0 Å². The number of hydrogen-bond donors (Lipinski definition) is 0. The topological polar surface area (TPSA) is 82.0 Å². The quantitative estimate of drug-likeness (QED) is 0.477. The number of esters is 1. The Morgan fingerprint density at radius 3 is 2.59 bits per heavy atom. The fourth-order valence-corrected chi connectivity index (χ4v) is 2.06. The zero-order valence-electron chi connectivity index (χ0n) is 12.0. The molecule has 0 saturated carbocycles. The van der Waals surface area contributed by atoms with Crippen molar-refractivity contribution in [3.63, 3.8) is 0 Å². The van der Waals surface area contributed by atoms with Crippen molar-refractivity contribution in [2.75, 3.05) is 14.2 Å². The minimum Gasteiger partial charge on any atom is -0.465 e. The molecule has 0 spiro atoms. The summed E-state index contributed by atoms with van der Waals surface area (Å²) in [7, 11) is 2.63. The van der Waals surface area contributed by atoms with Gasteiger partial charge in [-0.05, 0) is 18.2 Å². The smallest absolute Gasteiger partial charge is 0.337 e. The second kappa shape index (κ2) is 6.76. The molecule has 1 atom stereocenters. The summed E-state index contributed by atoms with van der Waals surface area (Å²) in [5, 5.41) is 0. The molecule has 0 fully saturated rings. The summed E-state index contributed by atoms with van der Waals surface area (Å²) < 4.78 is 9.78. The fraction of sp³-hybridized carbons (Fsp3) is 0.188. The lowest BCUT2D eigenvalue weighted by Crippen LogP contribution is -2.33. The van der Waals surface area contributed by atoms with E-state index >= 15 is 0 Å². The molecule has 1 aliphatic rings. The Morgan fingerprint density at radius 1 is 1.23 bits per heavy atom. The summed E-state index contributed by atoms with van der Waals surface area (Å²) in [4.78, 5) is 39.0. The molecule has 0 N–H and O–H groups in total. The molecule has 1 aliphatic heterocycles. The Hall–Kier alpha value is -2.82. The summed E-state index contributed by atoms with van der Waals surface area (Å²) in [5.74, 6) is 0.748. The highest BCUT2D eigenvalue weighted by molar-refractivity contribution is 6.48. The Balaban J connectivity index is 2.39. The zero-order valence-corrected chi connectivity index (χ0v) is 12.0. The van der Waals surface area contributed by atoms with Crippen LogP contribution in [-0.2, 0) is 14.3 Å². The van der Waals surface area contributed by atoms with E-state index in [9.17, 15) is 14.4 Å². The summed E-state index contributed by atoms with van der Waals surface area (Å²) in [6.45, 7) is 0. The van der Waals surface area contributed by atoms with Crippen LogP contribution in [-0.4, -0.2) is 43.7 Å². The zero-order chi connectivity index (χ0) is 16.1. The van der Waals surface area contributed by atoms with E-state index in [1.54, 1.807) is 18.1 Å². The number of carbonyl (C=O) groups is 2. The van der Waals surface area contributed by atoms with E-state index < -0.39 is 17.9 Å². The molecule has 22 heavy (non-hydrogen) atoms. The van der Waals surface area contributed by atoms with Crippen LogP contribution < -0.4 is 0 Å². The van der Waals surface area contributed by atoms with E-state index in [1.807, 2.05) is 0 Å². The molecule has 2 rings (SSSR count). The van der Waals surface area contributed by atoms with Gasteiger partial charge >= 0.3 is 5.97 Å². The van der Waals surface area contributed by atoms with E-state index in [0.29, 0.717) is 0 Å². The van der Waals surface area contributed by atoms with Gasteiger partial charge in [0.25, 0.3) is 0 Å². The predicted octanol–water partition coefficient (Wildman–Crippen LogP) is 1.40. The molecule has 1 unspecified atom stereocenters. The van der Waals surface area contributed by atoms with Gasteiger partial charge in [0.1, 0.15) is 17.8 Å². The number of carbonyl (C=O) groups excluding carboxylic acids is 3. The lowest BCUT2D eigenvalue weighted by Gasteiger charge is -2.18. The van der Waals surface area contributed by atoms with Crippen LogP contribution in [0.3, 0.4) is 0 Å². The van der Waals surface area contributed by atoms with Gasteiger partial charge in [-0.3, -0.25) is 9.79 Å². The third kappa shape index (κ3) is 2.93. The normalized spacial score (nSPS) is 16.7. The molecule has 1 aromatic carbocycles. The predicted molar refractivity (Wildman–Crippen MR) is 78.7 cm³/mol. The first kappa shape index (κ1) is 15.6. The van der Waals surface area contributed by atoms with Crippen LogP contribution in [0.4, 0.5) is 0 Å². The number of nitrogens with zero attached hydrogens (tertiary/aromatic N) is 1. The maximum absolute atomic E-state index is 12.6. The summed E-state index contributed by atoms with van der Waals surface area (Å²) in [5.41, 5.74) is 0.750. The number of hydrogen-bond acceptors (Lipinski definition) is 6. The van der Waals surface area contributed by atoms with Crippen molar-refractivity contribution in [3.05, 3.63) is 53.2 Å². The number of ether oxygens (including phenoxy) is 2. The van der Waals surface area contributed by atoms with Gasteiger partial charge in [-0.1, -0.05) is 12.1 Å². The highest BCUT2D eigenvalue weighted by atomic mass is 16.5. The van der Waals surface area contributed by atoms with Crippen LogP contribution in [0.25, 0.3) is 0 Å². The maximum Gasteiger partial charge on any atom is 0.337 e. The fourth-order valence-electron chi connectivity index (χ4n) is 2.06. The minimum absolute atomic E-state index is 0.0605. The molecule has 1 heterocycles. The third-order valence-electron chi connectivity index (χ3n) is 3.13. The lowest BCUT2D eigenvalue weighted by atomic mass is 9.96. The second-order valence-corrected chi connectivity index (χ2v) is 4.40. The molecule has 6 heteroatoms. The van der Waals surface area contributed by atoms with Crippen molar-refractivity contribution in [2.24, 2.45) is 4.99 Å². The average molecular weight is 299 g/mol. The standard InChI is InChI=1S/C16H13NO5/c1-21-15-12(9-18)6-7-17-13(15)14(19)10-4-3-5-11(8-10)16(20)22-2/h3-8,15H,1-2H3. The van der Waals surface area contributed by atoms with Crippen LogP contribution in [0.2, 0.25) is 0 Å². The van der Waals surface area contributed by atoms with Crippen molar-refractivity contribution in [1.82, 2.24) is 0 Å².